The van der Waals surface area contributed by atoms with E-state index in [4.69, 9.17) is 4.74 Å². The number of aromatic nitrogens is 1. The van der Waals surface area contributed by atoms with Crippen LogP contribution < -0.4 is 5.32 Å². The molecule has 0 aliphatic heterocycles. The summed E-state index contributed by atoms with van der Waals surface area (Å²) in [6.45, 7) is 3.27. The molecular formula is C9H14N2O3S. The molecule has 0 fully saturated rings. The number of nitrogens with zero attached hydrogens (tertiary/aromatic N) is 1. The Bertz CT molecular complexity index is 338. The first kappa shape index (κ1) is 12.1. The van der Waals surface area contributed by atoms with E-state index in [1.807, 2.05) is 0 Å². The van der Waals surface area contributed by atoms with Gasteiger partial charge >= 0.3 is 0 Å². The van der Waals surface area contributed by atoms with Crippen LogP contribution in [0.2, 0.25) is 0 Å². The van der Waals surface area contributed by atoms with Crippen molar-refractivity contribution in [3.63, 3.8) is 0 Å². The molecule has 1 heterocycles. The predicted molar refractivity (Wildman–Crippen MR) is 57.8 cm³/mol. The molecule has 2 atom stereocenters. The van der Waals surface area contributed by atoms with Gasteiger partial charge in [-0.1, -0.05) is 0 Å². The predicted octanol–water partition coefficient (Wildman–Crippen LogP) is 1.17. The summed E-state index contributed by atoms with van der Waals surface area (Å²) in [6.07, 6.45) is -1.13. The molecule has 0 aromatic carbocycles. The minimum atomic E-state index is -0.619. The van der Waals surface area contributed by atoms with E-state index in [1.165, 1.54) is 18.4 Å². The molecule has 15 heavy (non-hydrogen) atoms. The summed E-state index contributed by atoms with van der Waals surface area (Å²) in [5, 5.41) is 14.0. The van der Waals surface area contributed by atoms with Crippen molar-refractivity contribution in [2.45, 2.75) is 26.1 Å². The second-order valence-corrected chi connectivity index (χ2v) is 3.98. The highest BCUT2D eigenvalue weighted by atomic mass is 32.1. The molecule has 84 valence electrons. The van der Waals surface area contributed by atoms with Crippen molar-refractivity contribution < 1.29 is 14.6 Å². The smallest absolute Gasteiger partial charge is 0.254 e. The standard InChI is InChI=1S/C9H14N2O3S/c1-5(12)7-4-15-9(10-7)11-8(13)6(2)14-3/h4-6,12H,1-3H3,(H,10,11,13). The first-order valence-corrected chi connectivity index (χ1v) is 5.39. The third kappa shape index (κ3) is 3.26. The normalized spacial score (nSPS) is 14.7. The van der Waals surface area contributed by atoms with Crippen LogP contribution in [0.5, 0.6) is 0 Å². The van der Waals surface area contributed by atoms with E-state index < -0.39 is 12.2 Å². The zero-order chi connectivity index (χ0) is 11.4. The van der Waals surface area contributed by atoms with Crippen LogP contribution in [0.3, 0.4) is 0 Å². The van der Waals surface area contributed by atoms with Crippen molar-refractivity contribution in [2.24, 2.45) is 0 Å². The van der Waals surface area contributed by atoms with Crippen LogP contribution in [0.1, 0.15) is 25.6 Å². The lowest BCUT2D eigenvalue weighted by Gasteiger charge is -2.07. The molecule has 0 saturated carbocycles. The molecule has 0 spiro atoms. The molecule has 5 nitrogen and oxygen atoms in total. The zero-order valence-corrected chi connectivity index (χ0v) is 9.67. The average molecular weight is 230 g/mol. The number of anilines is 1. The second kappa shape index (κ2) is 5.20. The summed E-state index contributed by atoms with van der Waals surface area (Å²) in [6, 6.07) is 0. The lowest BCUT2D eigenvalue weighted by atomic mass is 10.3. The molecule has 2 unspecified atom stereocenters. The second-order valence-electron chi connectivity index (χ2n) is 3.12. The van der Waals surface area contributed by atoms with E-state index in [9.17, 15) is 9.90 Å². The topological polar surface area (TPSA) is 71.5 Å². The highest BCUT2D eigenvalue weighted by Crippen LogP contribution is 2.20. The number of thiazole rings is 1. The highest BCUT2D eigenvalue weighted by Gasteiger charge is 2.14. The van der Waals surface area contributed by atoms with Crippen molar-refractivity contribution in [1.29, 1.82) is 0 Å². The van der Waals surface area contributed by atoms with E-state index in [2.05, 4.69) is 10.3 Å². The zero-order valence-electron chi connectivity index (χ0n) is 8.85. The van der Waals surface area contributed by atoms with Gasteiger partial charge in [-0.25, -0.2) is 4.98 Å². The van der Waals surface area contributed by atoms with E-state index in [-0.39, 0.29) is 5.91 Å². The van der Waals surface area contributed by atoms with Gasteiger partial charge in [-0.15, -0.1) is 11.3 Å². The lowest BCUT2D eigenvalue weighted by molar-refractivity contribution is -0.124. The first-order valence-electron chi connectivity index (χ1n) is 4.51. The van der Waals surface area contributed by atoms with E-state index in [1.54, 1.807) is 19.2 Å². The molecule has 1 aromatic rings. The van der Waals surface area contributed by atoms with Gasteiger partial charge in [-0.05, 0) is 13.8 Å². The van der Waals surface area contributed by atoms with Gasteiger partial charge in [0.25, 0.3) is 5.91 Å². The number of hydrogen-bond donors (Lipinski definition) is 2. The highest BCUT2D eigenvalue weighted by molar-refractivity contribution is 7.13. The number of rotatable bonds is 4. The van der Waals surface area contributed by atoms with Crippen molar-refractivity contribution >= 4 is 22.4 Å². The van der Waals surface area contributed by atoms with Gasteiger partial charge in [0.15, 0.2) is 5.13 Å². The molecule has 0 aliphatic rings. The Balaban J connectivity index is 2.61. The average Bonchev–Trinajstić information content (AvgIpc) is 2.65. The fourth-order valence-corrected chi connectivity index (χ4v) is 1.65. The molecule has 0 radical (unpaired) electrons. The molecule has 6 heteroatoms. The molecule has 0 aliphatic carbocycles. The third-order valence-corrected chi connectivity index (χ3v) is 2.68. The number of carbonyl (C=O) groups excluding carboxylic acids is 1. The fourth-order valence-electron chi connectivity index (χ4n) is 0.850. The number of ether oxygens (including phenoxy) is 1. The van der Waals surface area contributed by atoms with Crippen LogP contribution in [0.15, 0.2) is 5.38 Å². The van der Waals surface area contributed by atoms with Crippen LogP contribution in [0, 0.1) is 0 Å². The number of hydrogen-bond acceptors (Lipinski definition) is 5. The maximum absolute atomic E-state index is 11.4. The van der Waals surface area contributed by atoms with Gasteiger partial charge in [0.2, 0.25) is 0 Å². The Kier molecular flexibility index (Phi) is 4.19. The van der Waals surface area contributed by atoms with E-state index >= 15 is 0 Å². The van der Waals surface area contributed by atoms with Gasteiger partial charge in [-0.3, -0.25) is 10.1 Å². The van der Waals surface area contributed by atoms with Crippen molar-refractivity contribution in [2.75, 3.05) is 12.4 Å². The van der Waals surface area contributed by atoms with Gasteiger partial charge in [0.1, 0.15) is 6.10 Å². The maximum Gasteiger partial charge on any atom is 0.254 e. The molecule has 1 aromatic heterocycles. The number of amides is 1. The quantitative estimate of drug-likeness (QED) is 0.814. The minimum Gasteiger partial charge on any atom is -0.387 e. The van der Waals surface area contributed by atoms with Gasteiger partial charge < -0.3 is 9.84 Å². The first-order chi connectivity index (χ1) is 7.04. The summed E-state index contributed by atoms with van der Waals surface area (Å²) >= 11 is 1.28. The molecule has 0 saturated heterocycles. The number of aliphatic hydroxyl groups excluding tert-OH is 1. The van der Waals surface area contributed by atoms with Crippen LogP contribution in [0.4, 0.5) is 5.13 Å². The number of aliphatic hydroxyl groups is 1. The minimum absolute atomic E-state index is 0.246. The third-order valence-electron chi connectivity index (χ3n) is 1.90. The fraction of sp³-hybridized carbons (Fsp3) is 0.556. The molecule has 1 rings (SSSR count). The van der Waals surface area contributed by atoms with Crippen molar-refractivity contribution in [3.05, 3.63) is 11.1 Å². The summed E-state index contributed by atoms with van der Waals surface area (Å²) < 4.78 is 4.85. The SMILES string of the molecule is COC(C)C(=O)Nc1nc(C(C)O)cs1. The van der Waals surface area contributed by atoms with Crippen molar-refractivity contribution in [3.8, 4) is 0 Å². The molecule has 2 N–H and O–H groups in total. The van der Waals surface area contributed by atoms with Gasteiger partial charge in [0.05, 0.1) is 11.8 Å². The van der Waals surface area contributed by atoms with Crippen molar-refractivity contribution in [1.82, 2.24) is 4.98 Å². The van der Waals surface area contributed by atoms with Crippen LogP contribution >= 0.6 is 11.3 Å². The number of nitrogens with one attached hydrogen (secondary N) is 1. The summed E-state index contributed by atoms with van der Waals surface area (Å²) in [5.74, 6) is -0.246. The number of carbonyl (C=O) groups is 1. The number of methoxy groups -OCH3 is 1. The summed E-state index contributed by atoms with van der Waals surface area (Å²) in [5.41, 5.74) is 0.556. The largest absolute Gasteiger partial charge is 0.387 e. The van der Waals surface area contributed by atoms with Crippen LogP contribution in [-0.4, -0.2) is 29.2 Å². The maximum atomic E-state index is 11.4. The molecule has 1 amide bonds. The molecule has 0 bridgehead atoms. The summed E-state index contributed by atoms with van der Waals surface area (Å²) in [4.78, 5) is 15.4. The van der Waals surface area contributed by atoms with Crippen LogP contribution in [0.25, 0.3) is 0 Å². The Morgan fingerprint density at radius 1 is 1.67 bits per heavy atom. The molecular weight excluding hydrogens is 216 g/mol. The Hall–Kier alpha value is -0.980. The lowest BCUT2D eigenvalue weighted by Crippen LogP contribution is -2.26. The van der Waals surface area contributed by atoms with Gasteiger partial charge in [-0.2, -0.15) is 0 Å². The monoisotopic (exact) mass is 230 g/mol. The Labute approximate surface area is 92.1 Å². The summed E-state index contributed by atoms with van der Waals surface area (Å²) in [7, 11) is 1.47. The Morgan fingerprint density at radius 2 is 2.33 bits per heavy atom. The van der Waals surface area contributed by atoms with E-state index in [0.29, 0.717) is 10.8 Å². The van der Waals surface area contributed by atoms with Gasteiger partial charge in [0, 0.05) is 12.5 Å². The Morgan fingerprint density at radius 3 is 2.80 bits per heavy atom. The van der Waals surface area contributed by atoms with Crippen LogP contribution in [-0.2, 0) is 9.53 Å². The van der Waals surface area contributed by atoms with E-state index in [0.717, 1.165) is 0 Å².